The van der Waals surface area contributed by atoms with Gasteiger partial charge in [0.2, 0.25) is 0 Å². The van der Waals surface area contributed by atoms with Gasteiger partial charge in [0.15, 0.2) is 5.11 Å². The summed E-state index contributed by atoms with van der Waals surface area (Å²) >= 11 is 5.16. The van der Waals surface area contributed by atoms with Gasteiger partial charge in [-0.05, 0) is 45.1 Å². The van der Waals surface area contributed by atoms with Crippen LogP contribution in [0.2, 0.25) is 0 Å². The molecule has 0 saturated heterocycles. The van der Waals surface area contributed by atoms with Crippen molar-refractivity contribution in [1.82, 2.24) is 10.6 Å². The van der Waals surface area contributed by atoms with Gasteiger partial charge in [0.05, 0.1) is 11.3 Å². The second kappa shape index (κ2) is 7.05. The fourth-order valence-electron chi connectivity index (χ4n) is 1.53. The third-order valence-corrected chi connectivity index (χ3v) is 2.56. The van der Waals surface area contributed by atoms with Crippen LogP contribution in [0.25, 0.3) is 0 Å². The predicted molar refractivity (Wildman–Crippen MR) is 88.1 cm³/mol. The zero-order valence-corrected chi connectivity index (χ0v) is 12.9. The lowest BCUT2D eigenvalue weighted by Gasteiger charge is -2.21. The van der Waals surface area contributed by atoms with Crippen molar-refractivity contribution in [2.75, 3.05) is 11.9 Å². The monoisotopic (exact) mass is 291 g/mol. The minimum atomic E-state index is -0.286. The summed E-state index contributed by atoms with van der Waals surface area (Å²) in [5.41, 5.74) is 0.951. The number of hydrogen-bond acceptors (Lipinski definition) is 2. The Hall–Kier alpha value is -1.88. The molecule has 0 aliphatic carbocycles. The predicted octanol–water partition coefficient (Wildman–Crippen LogP) is 2.69. The van der Waals surface area contributed by atoms with Crippen LogP contribution in [-0.4, -0.2) is 23.1 Å². The van der Waals surface area contributed by atoms with Crippen molar-refractivity contribution in [2.24, 2.45) is 0 Å². The van der Waals surface area contributed by atoms with E-state index in [1.165, 1.54) is 0 Å². The van der Waals surface area contributed by atoms with Crippen molar-refractivity contribution in [2.45, 2.75) is 26.3 Å². The van der Waals surface area contributed by atoms with E-state index in [1.807, 2.05) is 39.0 Å². The van der Waals surface area contributed by atoms with E-state index < -0.39 is 0 Å². The van der Waals surface area contributed by atoms with E-state index in [4.69, 9.17) is 12.2 Å². The van der Waals surface area contributed by atoms with E-state index >= 15 is 0 Å². The van der Waals surface area contributed by atoms with Gasteiger partial charge in [-0.1, -0.05) is 18.2 Å². The SMILES string of the molecule is C=CCNC(=S)Nc1ccccc1C(=O)NC(C)(C)C. The highest BCUT2D eigenvalue weighted by atomic mass is 32.1. The molecule has 1 rings (SSSR count). The fraction of sp³-hybridized carbons (Fsp3) is 0.333. The van der Waals surface area contributed by atoms with Crippen LogP contribution in [0.4, 0.5) is 5.69 Å². The third kappa shape index (κ3) is 5.40. The van der Waals surface area contributed by atoms with Crippen LogP contribution in [0.3, 0.4) is 0 Å². The zero-order chi connectivity index (χ0) is 15.2. The molecular formula is C15H21N3OS. The lowest BCUT2D eigenvalue weighted by Crippen LogP contribution is -2.41. The van der Waals surface area contributed by atoms with Gasteiger partial charge in [0.1, 0.15) is 0 Å². The van der Waals surface area contributed by atoms with Gasteiger partial charge in [0.25, 0.3) is 5.91 Å². The number of nitrogens with one attached hydrogen (secondary N) is 3. The first-order valence-corrected chi connectivity index (χ1v) is 6.81. The Balaban J connectivity index is 2.85. The summed E-state index contributed by atoms with van der Waals surface area (Å²) in [7, 11) is 0. The van der Waals surface area contributed by atoms with Crippen LogP contribution < -0.4 is 16.0 Å². The molecule has 0 aliphatic rings. The first-order chi connectivity index (χ1) is 9.33. The molecule has 3 N–H and O–H groups in total. The summed E-state index contributed by atoms with van der Waals surface area (Å²) in [5.74, 6) is -0.132. The molecule has 20 heavy (non-hydrogen) atoms. The molecule has 1 aromatic carbocycles. The maximum Gasteiger partial charge on any atom is 0.253 e. The molecule has 0 fully saturated rings. The van der Waals surface area contributed by atoms with Crippen LogP contribution in [0, 0.1) is 0 Å². The molecule has 108 valence electrons. The number of carbonyl (C=O) groups is 1. The summed E-state index contributed by atoms with van der Waals surface area (Å²) in [6.07, 6.45) is 1.71. The molecular weight excluding hydrogens is 270 g/mol. The molecule has 0 radical (unpaired) electrons. The molecule has 0 aromatic heterocycles. The van der Waals surface area contributed by atoms with E-state index in [0.717, 1.165) is 0 Å². The molecule has 0 bridgehead atoms. The van der Waals surface area contributed by atoms with E-state index in [0.29, 0.717) is 22.9 Å². The zero-order valence-electron chi connectivity index (χ0n) is 12.1. The average molecular weight is 291 g/mol. The Kier molecular flexibility index (Phi) is 5.70. The van der Waals surface area contributed by atoms with Crippen molar-refractivity contribution in [1.29, 1.82) is 0 Å². The number of benzene rings is 1. The lowest BCUT2D eigenvalue weighted by atomic mass is 10.1. The van der Waals surface area contributed by atoms with Gasteiger partial charge in [-0.25, -0.2) is 0 Å². The minimum absolute atomic E-state index is 0.132. The Labute approximate surface area is 125 Å². The molecule has 0 heterocycles. The second-order valence-electron chi connectivity index (χ2n) is 5.37. The minimum Gasteiger partial charge on any atom is -0.359 e. The topological polar surface area (TPSA) is 53.2 Å². The number of anilines is 1. The molecule has 0 spiro atoms. The summed E-state index contributed by atoms with van der Waals surface area (Å²) in [4.78, 5) is 12.2. The Morgan fingerprint density at radius 2 is 2.00 bits per heavy atom. The summed E-state index contributed by atoms with van der Waals surface area (Å²) in [6.45, 7) is 10.0. The Bertz CT molecular complexity index is 506. The molecule has 0 atom stereocenters. The molecule has 1 amide bonds. The maximum absolute atomic E-state index is 12.2. The first kappa shape index (κ1) is 16.2. The number of rotatable bonds is 4. The lowest BCUT2D eigenvalue weighted by molar-refractivity contribution is 0.0920. The molecule has 1 aromatic rings. The smallest absolute Gasteiger partial charge is 0.253 e. The van der Waals surface area contributed by atoms with Gasteiger partial charge >= 0.3 is 0 Å². The van der Waals surface area contributed by atoms with Gasteiger partial charge < -0.3 is 16.0 Å². The van der Waals surface area contributed by atoms with Crippen LogP contribution in [0.15, 0.2) is 36.9 Å². The van der Waals surface area contributed by atoms with Gasteiger partial charge in [-0.2, -0.15) is 0 Å². The van der Waals surface area contributed by atoms with E-state index in [1.54, 1.807) is 12.1 Å². The summed E-state index contributed by atoms with van der Waals surface area (Å²) in [5, 5.41) is 9.38. The average Bonchev–Trinajstić information content (AvgIpc) is 2.35. The highest BCUT2D eigenvalue weighted by molar-refractivity contribution is 7.80. The number of thiocarbonyl (C=S) groups is 1. The highest BCUT2D eigenvalue weighted by Gasteiger charge is 2.17. The molecule has 4 nitrogen and oxygen atoms in total. The van der Waals surface area contributed by atoms with Crippen molar-refractivity contribution in [3.63, 3.8) is 0 Å². The Morgan fingerprint density at radius 1 is 1.35 bits per heavy atom. The van der Waals surface area contributed by atoms with E-state index in [-0.39, 0.29) is 11.4 Å². The van der Waals surface area contributed by atoms with Crippen LogP contribution in [-0.2, 0) is 0 Å². The summed E-state index contributed by atoms with van der Waals surface area (Å²) in [6, 6.07) is 7.26. The van der Waals surface area contributed by atoms with Crippen molar-refractivity contribution < 1.29 is 4.79 Å². The van der Waals surface area contributed by atoms with Crippen LogP contribution in [0.1, 0.15) is 31.1 Å². The standard InChI is InChI=1S/C15H21N3OS/c1-5-10-16-14(20)17-12-9-7-6-8-11(12)13(19)18-15(2,3)4/h5-9H,1,10H2,2-4H3,(H,18,19)(H2,16,17,20). The maximum atomic E-state index is 12.2. The van der Waals surface area contributed by atoms with Crippen LogP contribution >= 0.6 is 12.2 Å². The number of carbonyl (C=O) groups excluding carboxylic acids is 1. The highest BCUT2D eigenvalue weighted by Crippen LogP contribution is 2.16. The number of hydrogen-bond donors (Lipinski definition) is 3. The molecule has 5 heteroatoms. The quantitative estimate of drug-likeness (QED) is 0.590. The molecule has 0 aliphatic heterocycles. The Morgan fingerprint density at radius 3 is 2.60 bits per heavy atom. The van der Waals surface area contributed by atoms with Crippen molar-refractivity contribution in [3.05, 3.63) is 42.5 Å². The fourth-order valence-corrected chi connectivity index (χ4v) is 1.72. The second-order valence-corrected chi connectivity index (χ2v) is 5.78. The first-order valence-electron chi connectivity index (χ1n) is 6.41. The summed E-state index contributed by atoms with van der Waals surface area (Å²) < 4.78 is 0. The molecule has 0 unspecified atom stereocenters. The number of para-hydroxylation sites is 1. The number of amides is 1. The van der Waals surface area contributed by atoms with E-state index in [2.05, 4.69) is 22.5 Å². The van der Waals surface area contributed by atoms with Crippen LogP contribution in [0.5, 0.6) is 0 Å². The van der Waals surface area contributed by atoms with Crippen molar-refractivity contribution >= 4 is 28.9 Å². The van der Waals surface area contributed by atoms with Gasteiger partial charge in [-0.15, -0.1) is 6.58 Å². The van der Waals surface area contributed by atoms with Gasteiger partial charge in [-0.3, -0.25) is 4.79 Å². The third-order valence-electron chi connectivity index (χ3n) is 2.32. The molecule has 0 saturated carbocycles. The van der Waals surface area contributed by atoms with Crippen molar-refractivity contribution in [3.8, 4) is 0 Å². The largest absolute Gasteiger partial charge is 0.359 e. The van der Waals surface area contributed by atoms with E-state index in [9.17, 15) is 4.79 Å². The van der Waals surface area contributed by atoms with Gasteiger partial charge in [0, 0.05) is 12.1 Å². The normalized spacial score (nSPS) is 10.6.